The van der Waals surface area contributed by atoms with Crippen LogP contribution in [0.15, 0.2) is 16.7 Å². The molecule has 0 unspecified atom stereocenters. The molecule has 2 aromatic heterocycles. The summed E-state index contributed by atoms with van der Waals surface area (Å²) in [5, 5.41) is 3.14. The predicted octanol–water partition coefficient (Wildman–Crippen LogP) is 3.39. The van der Waals surface area contributed by atoms with Crippen molar-refractivity contribution in [2.45, 2.75) is 45.6 Å². The summed E-state index contributed by atoms with van der Waals surface area (Å²) in [6.07, 6.45) is 6.56. The first-order valence-corrected chi connectivity index (χ1v) is 7.81. The van der Waals surface area contributed by atoms with Crippen LogP contribution >= 0.6 is 15.9 Å². The zero-order valence-electron chi connectivity index (χ0n) is 11.7. The minimum absolute atomic E-state index is 0.0144. The van der Waals surface area contributed by atoms with Gasteiger partial charge in [0.15, 0.2) is 5.65 Å². The number of carbonyl (C=O) groups is 1. The van der Waals surface area contributed by atoms with Gasteiger partial charge in [-0.05, 0) is 54.2 Å². The van der Waals surface area contributed by atoms with E-state index in [1.807, 2.05) is 30.5 Å². The van der Waals surface area contributed by atoms with Gasteiger partial charge in [0.05, 0.1) is 10.2 Å². The predicted molar refractivity (Wildman–Crippen MR) is 82.1 cm³/mol. The number of amides is 1. The molecule has 0 bridgehead atoms. The third kappa shape index (κ3) is 2.35. The number of halogens is 1. The van der Waals surface area contributed by atoms with Gasteiger partial charge in [0.2, 0.25) is 0 Å². The highest BCUT2D eigenvalue weighted by Gasteiger charge is 2.22. The summed E-state index contributed by atoms with van der Waals surface area (Å²) in [5.74, 6) is -0.0144. The molecular weight excluding hydrogens is 318 g/mol. The number of aryl methyl sites for hydroxylation is 2. The van der Waals surface area contributed by atoms with Crippen molar-refractivity contribution in [2.24, 2.45) is 0 Å². The average Bonchev–Trinajstić information content (AvgIpc) is 2.96. The molecule has 0 spiro atoms. The lowest BCUT2D eigenvalue weighted by molar-refractivity contribution is 0.0931. The normalized spacial score (nSPS) is 15.9. The second-order valence-corrected chi connectivity index (χ2v) is 6.41. The molecule has 1 saturated carbocycles. The summed E-state index contributed by atoms with van der Waals surface area (Å²) in [5.41, 5.74) is 3.31. The molecule has 3 rings (SSSR count). The second kappa shape index (κ2) is 5.20. The molecule has 0 aromatic carbocycles. The molecule has 0 aliphatic heterocycles. The van der Waals surface area contributed by atoms with E-state index in [4.69, 9.17) is 0 Å². The molecule has 1 aliphatic carbocycles. The minimum atomic E-state index is -0.0144. The van der Waals surface area contributed by atoms with E-state index in [1.54, 1.807) is 0 Å². The van der Waals surface area contributed by atoms with E-state index >= 15 is 0 Å². The number of hydrogen-bond acceptors (Lipinski definition) is 2. The first kappa shape index (κ1) is 13.6. The van der Waals surface area contributed by atoms with Crippen LogP contribution in [0.5, 0.6) is 0 Å². The Bertz CT molecular complexity index is 671. The largest absolute Gasteiger partial charge is 0.348 e. The van der Waals surface area contributed by atoms with Gasteiger partial charge in [0, 0.05) is 12.2 Å². The van der Waals surface area contributed by atoms with E-state index in [9.17, 15) is 4.79 Å². The van der Waals surface area contributed by atoms with Crippen LogP contribution in [0.3, 0.4) is 0 Å². The van der Waals surface area contributed by atoms with Crippen LogP contribution in [0.4, 0.5) is 0 Å². The fourth-order valence-corrected chi connectivity index (χ4v) is 3.58. The van der Waals surface area contributed by atoms with Gasteiger partial charge in [-0.2, -0.15) is 0 Å². The van der Waals surface area contributed by atoms with Gasteiger partial charge >= 0.3 is 0 Å². The summed E-state index contributed by atoms with van der Waals surface area (Å²) in [7, 11) is 0. The maximum Gasteiger partial charge on any atom is 0.270 e. The van der Waals surface area contributed by atoms with Gasteiger partial charge in [0.1, 0.15) is 5.69 Å². The molecule has 2 heterocycles. The number of fused-ring (bicyclic) bond motifs is 1. The van der Waals surface area contributed by atoms with Gasteiger partial charge in [-0.1, -0.05) is 12.8 Å². The molecule has 1 amide bonds. The van der Waals surface area contributed by atoms with Crippen molar-refractivity contribution >= 4 is 27.5 Å². The standard InChI is InChI=1S/C15H18BrN3O/c1-9-7-12(16)14-17-10(2)13(19(14)8-9)15(20)18-11-5-3-4-6-11/h7-8,11H,3-6H2,1-2H3,(H,18,20). The summed E-state index contributed by atoms with van der Waals surface area (Å²) < 4.78 is 2.81. The highest BCUT2D eigenvalue weighted by atomic mass is 79.9. The minimum Gasteiger partial charge on any atom is -0.348 e. The first-order valence-electron chi connectivity index (χ1n) is 7.02. The van der Waals surface area contributed by atoms with E-state index in [1.165, 1.54) is 12.8 Å². The lowest BCUT2D eigenvalue weighted by Crippen LogP contribution is -2.33. The highest BCUT2D eigenvalue weighted by Crippen LogP contribution is 2.23. The van der Waals surface area contributed by atoms with Crippen molar-refractivity contribution in [1.29, 1.82) is 0 Å². The molecule has 2 aromatic rings. The van der Waals surface area contributed by atoms with Crippen molar-refractivity contribution in [2.75, 3.05) is 0 Å². The van der Waals surface area contributed by atoms with Crippen molar-refractivity contribution in [3.63, 3.8) is 0 Å². The number of nitrogens with zero attached hydrogens (tertiary/aromatic N) is 2. The van der Waals surface area contributed by atoms with Gasteiger partial charge < -0.3 is 5.32 Å². The lowest BCUT2D eigenvalue weighted by atomic mass is 10.2. The van der Waals surface area contributed by atoms with Crippen molar-refractivity contribution in [1.82, 2.24) is 14.7 Å². The zero-order valence-corrected chi connectivity index (χ0v) is 13.3. The quantitative estimate of drug-likeness (QED) is 0.914. The maximum atomic E-state index is 12.5. The van der Waals surface area contributed by atoms with Crippen molar-refractivity contribution in [3.05, 3.63) is 33.7 Å². The van der Waals surface area contributed by atoms with Crippen LogP contribution in [0.2, 0.25) is 0 Å². The molecular formula is C15H18BrN3O. The molecule has 20 heavy (non-hydrogen) atoms. The maximum absolute atomic E-state index is 12.5. The molecule has 5 heteroatoms. The van der Waals surface area contributed by atoms with E-state index in [-0.39, 0.29) is 5.91 Å². The van der Waals surface area contributed by atoms with E-state index in [0.29, 0.717) is 11.7 Å². The summed E-state index contributed by atoms with van der Waals surface area (Å²) in [6.45, 7) is 3.90. The van der Waals surface area contributed by atoms with Crippen LogP contribution in [-0.4, -0.2) is 21.3 Å². The molecule has 1 aliphatic rings. The molecule has 0 radical (unpaired) electrons. The van der Waals surface area contributed by atoms with Gasteiger partial charge in [-0.15, -0.1) is 0 Å². The van der Waals surface area contributed by atoms with Gasteiger partial charge in [0.25, 0.3) is 5.91 Å². The number of rotatable bonds is 2. The topological polar surface area (TPSA) is 46.4 Å². The van der Waals surface area contributed by atoms with Crippen LogP contribution in [0.1, 0.15) is 47.4 Å². The number of carbonyl (C=O) groups excluding carboxylic acids is 1. The summed E-state index contributed by atoms with van der Waals surface area (Å²) in [6, 6.07) is 2.33. The van der Waals surface area contributed by atoms with Crippen molar-refractivity contribution in [3.8, 4) is 0 Å². The van der Waals surface area contributed by atoms with E-state index < -0.39 is 0 Å². The summed E-state index contributed by atoms with van der Waals surface area (Å²) >= 11 is 3.52. The number of nitrogens with one attached hydrogen (secondary N) is 1. The smallest absolute Gasteiger partial charge is 0.270 e. The third-order valence-electron chi connectivity index (χ3n) is 3.89. The molecule has 1 N–H and O–H groups in total. The average molecular weight is 336 g/mol. The van der Waals surface area contributed by atoms with Gasteiger partial charge in [-0.25, -0.2) is 4.98 Å². The van der Waals surface area contributed by atoms with Crippen LogP contribution in [-0.2, 0) is 0 Å². The first-order chi connectivity index (χ1) is 9.56. The zero-order chi connectivity index (χ0) is 14.3. The van der Waals surface area contributed by atoms with Crippen LogP contribution in [0.25, 0.3) is 5.65 Å². The van der Waals surface area contributed by atoms with Gasteiger partial charge in [-0.3, -0.25) is 9.20 Å². The van der Waals surface area contributed by atoms with E-state index in [0.717, 1.165) is 34.2 Å². The molecule has 4 nitrogen and oxygen atoms in total. The number of aromatic nitrogens is 2. The Labute approximate surface area is 126 Å². The Balaban J connectivity index is 2.01. The highest BCUT2D eigenvalue weighted by molar-refractivity contribution is 9.10. The Kier molecular flexibility index (Phi) is 3.54. The monoisotopic (exact) mass is 335 g/mol. The van der Waals surface area contributed by atoms with Crippen LogP contribution in [0, 0.1) is 13.8 Å². The molecule has 0 atom stereocenters. The van der Waals surface area contributed by atoms with Crippen LogP contribution < -0.4 is 5.32 Å². The second-order valence-electron chi connectivity index (χ2n) is 5.56. The fourth-order valence-electron chi connectivity index (χ4n) is 2.94. The molecule has 1 fully saturated rings. The molecule has 106 valence electrons. The summed E-state index contributed by atoms with van der Waals surface area (Å²) in [4.78, 5) is 17.0. The number of pyridine rings is 1. The number of imidazole rings is 1. The van der Waals surface area contributed by atoms with Crippen molar-refractivity contribution < 1.29 is 4.79 Å². The Hall–Kier alpha value is -1.36. The Morgan fingerprint density at radius 3 is 2.80 bits per heavy atom. The third-order valence-corrected chi connectivity index (χ3v) is 4.48. The Morgan fingerprint density at radius 2 is 2.10 bits per heavy atom. The SMILES string of the molecule is Cc1cc(Br)c2nc(C)c(C(=O)NC3CCCC3)n2c1. The Morgan fingerprint density at radius 1 is 1.40 bits per heavy atom. The lowest BCUT2D eigenvalue weighted by Gasteiger charge is -2.12. The fraction of sp³-hybridized carbons (Fsp3) is 0.467. The molecule has 0 saturated heterocycles. The van der Waals surface area contributed by atoms with E-state index in [2.05, 4.69) is 26.2 Å². The number of hydrogen-bond donors (Lipinski definition) is 1.